The van der Waals surface area contributed by atoms with Crippen LogP contribution in [0, 0.1) is 75.0 Å². The lowest BCUT2D eigenvalue weighted by Gasteiger charge is -2.31. The SMILES string of the molecule is CCCC(C#N)CCC(c1ccc(OC)c(OC(OC(=O)C(=O)OC(Oc2cc(C(CCC(C#N)CCC)N(C)CCc3ccc(OC)c(OC)c3)ccc2OC)C(=O)N(CCO[N+](=O)[O-])CCO[N+](=O)[O-])C(=O)N(CCO[N+](=O)[O-])CCO[N+](=O)[O-])c1)N(C)CCc1ccc(OC)c(OC)c1.O. The fourth-order valence-electron chi connectivity index (χ4n) is 10.9. The van der Waals surface area contributed by atoms with Crippen LogP contribution in [0.4, 0.5) is 0 Å². The minimum absolute atomic E-state index is 0. The van der Waals surface area contributed by atoms with Gasteiger partial charge in [0.1, 0.15) is 26.4 Å². The maximum absolute atomic E-state index is 14.9. The summed E-state index contributed by atoms with van der Waals surface area (Å²) < 4.78 is 56.6. The molecule has 0 radical (unpaired) electrons. The molecule has 2 amide bonds. The van der Waals surface area contributed by atoms with Gasteiger partial charge >= 0.3 is 36.3 Å². The first-order valence-corrected chi connectivity index (χ1v) is 32.3. The van der Waals surface area contributed by atoms with Gasteiger partial charge in [-0.15, -0.1) is 40.5 Å². The number of hydrogen-bond donors (Lipinski definition) is 0. The predicted molar refractivity (Wildman–Crippen MR) is 359 cm³/mol. The summed E-state index contributed by atoms with van der Waals surface area (Å²) in [5.41, 5.74) is 2.75. The first kappa shape index (κ1) is 86.0. The van der Waals surface area contributed by atoms with Gasteiger partial charge in [-0.2, -0.15) is 10.5 Å². The number of carbonyl (C=O) groups excluding carboxylic acids is 4. The Balaban J connectivity index is 0.0000276. The van der Waals surface area contributed by atoms with Crippen molar-refractivity contribution in [3.63, 3.8) is 0 Å². The summed E-state index contributed by atoms with van der Waals surface area (Å²) in [6, 6.07) is 23.7. The first-order valence-electron chi connectivity index (χ1n) is 32.3. The Hall–Kier alpha value is -11.2. The van der Waals surface area contributed by atoms with Gasteiger partial charge in [0.25, 0.3) is 20.3 Å². The standard InChI is InChI=1S/C66H88N10O26.H2O/c1-11-13-47(43-67)15-21-51(69(3)29-27-45-17-23-53(89-5)57(39-45)93-9)49-19-25-55(91-7)59(41-49)99-65(61(77)71(31-35-95-73(81)82)32-36-96-74(83)84)101-63(79)64(80)102-66(62(78)72(33-37-97-75(85)86)34-38-98-76(87)88)100-60-42-50(20-26-56(60)92-8)52(22-16-48(44-68)14-12-2)70(4)30-28-46-18-24-54(90-6)58(40-46)94-10;/h17-20,23-26,39-42,47-48,51-52,65-66H,11-16,21-22,27-38H2,1-10H3;1H2. The second kappa shape index (κ2) is 45.6. The van der Waals surface area contributed by atoms with Crippen molar-refractivity contribution in [3.05, 3.63) is 136 Å². The summed E-state index contributed by atoms with van der Waals surface area (Å²) >= 11 is 0. The van der Waals surface area contributed by atoms with E-state index in [-0.39, 0.29) is 40.3 Å². The van der Waals surface area contributed by atoms with Crippen LogP contribution in [-0.2, 0) is 60.8 Å². The van der Waals surface area contributed by atoms with Crippen molar-refractivity contribution >= 4 is 23.8 Å². The third kappa shape index (κ3) is 28.4. The molecular formula is C66H90N10O27. The second-order valence-corrected chi connectivity index (χ2v) is 22.7. The summed E-state index contributed by atoms with van der Waals surface area (Å²) in [6.07, 6.45) is -0.184. The van der Waals surface area contributed by atoms with Crippen LogP contribution in [0.25, 0.3) is 0 Å². The van der Waals surface area contributed by atoms with Gasteiger partial charge in [-0.3, -0.25) is 19.4 Å². The molecule has 37 nitrogen and oxygen atoms in total. The second-order valence-electron chi connectivity index (χ2n) is 22.7. The average Bonchev–Trinajstić information content (AvgIpc) is 0.837. The van der Waals surface area contributed by atoms with E-state index in [1.165, 1.54) is 66.9 Å². The zero-order valence-corrected chi connectivity index (χ0v) is 59.1. The molecule has 6 unspecified atom stereocenters. The molecule has 0 aliphatic carbocycles. The molecule has 4 aromatic carbocycles. The van der Waals surface area contributed by atoms with E-state index in [4.69, 9.17) is 47.4 Å². The van der Waals surface area contributed by atoms with Gasteiger partial charge in [-0.1, -0.05) is 51.0 Å². The number of benzene rings is 4. The molecule has 0 bridgehead atoms. The molecule has 0 fully saturated rings. The maximum Gasteiger partial charge on any atom is 0.421 e. The molecule has 0 heterocycles. The van der Waals surface area contributed by atoms with Gasteiger partial charge in [0, 0.05) is 63.2 Å². The Morgan fingerprint density at radius 3 is 1.01 bits per heavy atom. The van der Waals surface area contributed by atoms with E-state index < -0.39 is 121 Å². The zero-order chi connectivity index (χ0) is 75.3. The van der Waals surface area contributed by atoms with Gasteiger partial charge in [0.2, 0.25) is 0 Å². The molecule has 0 saturated carbocycles. The third-order valence-corrected chi connectivity index (χ3v) is 16.1. The van der Waals surface area contributed by atoms with Crippen LogP contribution in [0.15, 0.2) is 72.8 Å². The van der Waals surface area contributed by atoms with Crippen molar-refractivity contribution in [2.45, 2.75) is 103 Å². The predicted octanol–water partition coefficient (Wildman–Crippen LogP) is 6.47. The van der Waals surface area contributed by atoms with Crippen LogP contribution >= 0.6 is 0 Å². The van der Waals surface area contributed by atoms with E-state index in [2.05, 4.69) is 31.5 Å². The summed E-state index contributed by atoms with van der Waals surface area (Å²) in [4.78, 5) is 127. The van der Waals surface area contributed by atoms with Gasteiger partial charge < -0.3 is 82.0 Å². The topological polar surface area (TPSA) is 462 Å². The van der Waals surface area contributed by atoms with Crippen LogP contribution in [0.3, 0.4) is 0 Å². The highest BCUT2D eigenvalue weighted by molar-refractivity contribution is 6.30. The summed E-state index contributed by atoms with van der Waals surface area (Å²) in [6.45, 7) is -1.87. The normalized spacial score (nSPS) is 12.5. The Morgan fingerprint density at radius 1 is 0.427 bits per heavy atom. The molecule has 566 valence electrons. The van der Waals surface area contributed by atoms with E-state index in [9.17, 15) is 70.2 Å². The number of rotatable bonds is 50. The van der Waals surface area contributed by atoms with Crippen molar-refractivity contribution < 1.29 is 112 Å². The lowest BCUT2D eigenvalue weighted by molar-refractivity contribution is -0.758. The maximum atomic E-state index is 14.9. The molecular weight excluding hydrogens is 1360 g/mol. The molecule has 103 heavy (non-hydrogen) atoms. The summed E-state index contributed by atoms with van der Waals surface area (Å²) in [5, 5.41) is 60.8. The molecule has 0 aromatic heterocycles. The molecule has 0 spiro atoms. The summed E-state index contributed by atoms with van der Waals surface area (Å²) in [5.74, 6) is -6.71. The van der Waals surface area contributed by atoms with Crippen LogP contribution in [0.2, 0.25) is 0 Å². The molecule has 0 aliphatic rings. The van der Waals surface area contributed by atoms with Crippen molar-refractivity contribution in [1.29, 1.82) is 10.5 Å². The highest BCUT2D eigenvalue weighted by Crippen LogP contribution is 2.39. The number of nitriles is 2. The van der Waals surface area contributed by atoms with Crippen molar-refractivity contribution in [2.24, 2.45) is 11.8 Å². The number of nitrogens with zero attached hydrogens (tertiary/aromatic N) is 10. The number of methoxy groups -OCH3 is 6. The van der Waals surface area contributed by atoms with Crippen LogP contribution in [0.1, 0.15) is 99.6 Å². The van der Waals surface area contributed by atoms with Gasteiger partial charge in [-0.05, 0) is 136 Å². The Kier molecular flexibility index (Phi) is 38.1. The monoisotopic (exact) mass is 1450 g/mol. The lowest BCUT2D eigenvalue weighted by Crippen LogP contribution is -2.49. The highest BCUT2D eigenvalue weighted by atomic mass is 17.0. The van der Waals surface area contributed by atoms with E-state index in [1.54, 1.807) is 24.3 Å². The Bertz CT molecular complexity index is 3220. The van der Waals surface area contributed by atoms with E-state index >= 15 is 0 Å². The van der Waals surface area contributed by atoms with Crippen LogP contribution < -0.4 is 37.9 Å². The van der Waals surface area contributed by atoms with Gasteiger partial charge in [0.05, 0.1) is 54.8 Å². The largest absolute Gasteiger partial charge is 0.493 e. The quantitative estimate of drug-likeness (QED) is 0.0150. The number of esters is 2. The molecule has 0 aliphatic heterocycles. The van der Waals surface area contributed by atoms with Crippen LogP contribution in [0.5, 0.6) is 46.0 Å². The van der Waals surface area contributed by atoms with Gasteiger partial charge in [-0.25, -0.2) is 9.59 Å². The van der Waals surface area contributed by atoms with Crippen molar-refractivity contribution in [3.8, 4) is 58.1 Å². The molecule has 4 aromatic rings. The highest BCUT2D eigenvalue weighted by Gasteiger charge is 2.39. The van der Waals surface area contributed by atoms with E-state index in [0.29, 0.717) is 108 Å². The number of amides is 2. The van der Waals surface area contributed by atoms with Crippen LogP contribution in [-0.4, -0.2) is 204 Å². The van der Waals surface area contributed by atoms with E-state index in [0.717, 1.165) is 24.0 Å². The fraction of sp³-hybridized carbons (Fsp3) is 0.545. The minimum atomic E-state index is -2.67. The Labute approximate surface area is 594 Å². The minimum Gasteiger partial charge on any atom is -0.493 e. The van der Waals surface area contributed by atoms with Gasteiger partial charge in [0.15, 0.2) is 46.0 Å². The lowest BCUT2D eigenvalue weighted by atomic mass is 9.92. The third-order valence-electron chi connectivity index (χ3n) is 16.1. The number of likely N-dealkylation sites (N-methyl/N-ethyl adjacent to an activating group) is 2. The smallest absolute Gasteiger partial charge is 0.421 e. The Morgan fingerprint density at radius 2 is 0.728 bits per heavy atom. The number of hydrogen-bond acceptors (Lipinski definition) is 30. The molecule has 37 heteroatoms. The molecule has 6 atom stereocenters. The van der Waals surface area contributed by atoms with Crippen molar-refractivity contribution in [2.75, 3.05) is 122 Å². The molecule has 0 saturated heterocycles. The number of ether oxygens (including phenoxy) is 10. The molecule has 4 rings (SSSR count). The number of carbonyl (C=O) groups is 4. The fourth-order valence-corrected chi connectivity index (χ4v) is 10.9. The average molecular weight is 1460 g/mol. The summed E-state index contributed by atoms with van der Waals surface area (Å²) in [7, 11) is 12.2. The van der Waals surface area contributed by atoms with Crippen molar-refractivity contribution in [1.82, 2.24) is 19.6 Å². The van der Waals surface area contributed by atoms with E-state index in [1.807, 2.05) is 62.0 Å². The zero-order valence-electron chi connectivity index (χ0n) is 59.1. The molecule has 2 N–H and O–H groups in total. The first-order chi connectivity index (χ1) is 48.9.